The van der Waals surface area contributed by atoms with Crippen molar-refractivity contribution < 1.29 is 9.53 Å². The normalized spacial score (nSPS) is 10.1. The van der Waals surface area contributed by atoms with Crippen molar-refractivity contribution in [2.75, 3.05) is 18.2 Å². The van der Waals surface area contributed by atoms with Crippen LogP contribution >= 0.6 is 15.9 Å². The molecule has 5 nitrogen and oxygen atoms in total. The molecule has 0 spiro atoms. The number of anilines is 3. The molecular formula is C14H14BrN3O2. The Balaban J connectivity index is 2.41. The predicted molar refractivity (Wildman–Crippen MR) is 83.3 cm³/mol. The third-order valence-corrected chi connectivity index (χ3v) is 3.26. The monoisotopic (exact) mass is 335 g/mol. The highest BCUT2D eigenvalue weighted by Crippen LogP contribution is 2.32. The Labute approximate surface area is 125 Å². The highest BCUT2D eigenvalue weighted by Gasteiger charge is 2.09. The molecule has 2 aromatic rings. The molecule has 20 heavy (non-hydrogen) atoms. The molecule has 0 saturated carbocycles. The van der Waals surface area contributed by atoms with E-state index in [-0.39, 0.29) is 0 Å². The van der Waals surface area contributed by atoms with E-state index < -0.39 is 5.91 Å². The number of carbonyl (C=O) groups excluding carboxylic acids is 1. The highest BCUT2D eigenvalue weighted by molar-refractivity contribution is 9.10. The number of methoxy groups -OCH3 is 1. The second kappa shape index (κ2) is 5.83. The lowest BCUT2D eigenvalue weighted by Gasteiger charge is -2.14. The van der Waals surface area contributed by atoms with Crippen molar-refractivity contribution in [3.63, 3.8) is 0 Å². The summed E-state index contributed by atoms with van der Waals surface area (Å²) in [7, 11) is 1.58. The van der Waals surface area contributed by atoms with E-state index in [4.69, 9.17) is 16.2 Å². The molecule has 6 heteroatoms. The molecule has 0 aromatic heterocycles. The number of benzene rings is 2. The first-order valence-electron chi connectivity index (χ1n) is 5.81. The van der Waals surface area contributed by atoms with Gasteiger partial charge in [0.25, 0.3) is 0 Å². The maximum absolute atomic E-state index is 11.2. The van der Waals surface area contributed by atoms with Crippen molar-refractivity contribution in [1.29, 1.82) is 0 Å². The maximum Gasteiger partial charge on any atom is 0.248 e. The van der Waals surface area contributed by atoms with Crippen molar-refractivity contribution in [2.24, 2.45) is 5.73 Å². The van der Waals surface area contributed by atoms with Crippen LogP contribution in [-0.4, -0.2) is 13.0 Å². The Morgan fingerprint density at radius 3 is 2.60 bits per heavy atom. The molecule has 2 rings (SSSR count). The molecule has 0 aliphatic rings. The number of carbonyl (C=O) groups is 1. The molecule has 5 N–H and O–H groups in total. The van der Waals surface area contributed by atoms with Gasteiger partial charge in [-0.2, -0.15) is 0 Å². The number of amides is 1. The van der Waals surface area contributed by atoms with Gasteiger partial charge in [-0.3, -0.25) is 4.79 Å². The van der Waals surface area contributed by atoms with E-state index in [2.05, 4.69) is 21.2 Å². The number of rotatable bonds is 4. The number of primary amides is 1. The van der Waals surface area contributed by atoms with E-state index in [0.717, 1.165) is 10.2 Å². The summed E-state index contributed by atoms with van der Waals surface area (Å²) in [6.07, 6.45) is 0. The van der Waals surface area contributed by atoms with E-state index in [1.165, 1.54) is 0 Å². The lowest BCUT2D eigenvalue weighted by molar-refractivity contribution is 0.100. The van der Waals surface area contributed by atoms with Gasteiger partial charge in [0, 0.05) is 10.0 Å². The van der Waals surface area contributed by atoms with Gasteiger partial charge >= 0.3 is 0 Å². The van der Waals surface area contributed by atoms with E-state index in [9.17, 15) is 4.79 Å². The molecule has 0 heterocycles. The lowest BCUT2D eigenvalue weighted by atomic mass is 10.1. The molecular weight excluding hydrogens is 322 g/mol. The first-order chi connectivity index (χ1) is 9.51. The van der Waals surface area contributed by atoms with Crippen LogP contribution in [-0.2, 0) is 0 Å². The van der Waals surface area contributed by atoms with Crippen molar-refractivity contribution in [1.82, 2.24) is 0 Å². The number of halogens is 1. The molecule has 0 saturated heterocycles. The summed E-state index contributed by atoms with van der Waals surface area (Å²) < 4.78 is 6.17. The molecule has 0 aliphatic heterocycles. The number of hydrogen-bond acceptors (Lipinski definition) is 4. The van der Waals surface area contributed by atoms with Crippen LogP contribution in [0.3, 0.4) is 0 Å². The highest BCUT2D eigenvalue weighted by atomic mass is 79.9. The summed E-state index contributed by atoms with van der Waals surface area (Å²) in [5.41, 5.74) is 13.4. The fourth-order valence-electron chi connectivity index (χ4n) is 1.74. The zero-order valence-electron chi connectivity index (χ0n) is 10.8. The van der Waals surface area contributed by atoms with Crippen molar-refractivity contribution in [2.45, 2.75) is 0 Å². The van der Waals surface area contributed by atoms with Crippen LogP contribution in [0, 0.1) is 0 Å². The Kier molecular flexibility index (Phi) is 4.14. The average molecular weight is 336 g/mol. The van der Waals surface area contributed by atoms with E-state index >= 15 is 0 Å². The minimum Gasteiger partial charge on any atom is -0.495 e. The van der Waals surface area contributed by atoms with Crippen LogP contribution < -0.4 is 21.5 Å². The molecule has 0 aliphatic carbocycles. The van der Waals surface area contributed by atoms with Crippen LogP contribution in [0.5, 0.6) is 5.75 Å². The van der Waals surface area contributed by atoms with Crippen LogP contribution in [0.25, 0.3) is 0 Å². The maximum atomic E-state index is 11.2. The van der Waals surface area contributed by atoms with Gasteiger partial charge in [-0.15, -0.1) is 0 Å². The van der Waals surface area contributed by atoms with Crippen molar-refractivity contribution >= 4 is 38.9 Å². The van der Waals surface area contributed by atoms with Gasteiger partial charge in [0.2, 0.25) is 5.91 Å². The Morgan fingerprint density at radius 2 is 1.95 bits per heavy atom. The van der Waals surface area contributed by atoms with Crippen LogP contribution in [0.2, 0.25) is 0 Å². The number of ether oxygens (including phenoxy) is 1. The Hall–Kier alpha value is -2.21. The topological polar surface area (TPSA) is 90.4 Å². The predicted octanol–water partition coefficient (Wildman–Crippen LogP) is 2.88. The molecule has 0 atom stereocenters. The van der Waals surface area contributed by atoms with Crippen molar-refractivity contribution in [3.8, 4) is 5.75 Å². The summed E-state index contributed by atoms with van der Waals surface area (Å²) in [5, 5.41) is 3.14. The molecule has 0 bridgehead atoms. The lowest BCUT2D eigenvalue weighted by Crippen LogP contribution is -2.11. The molecule has 0 unspecified atom stereocenters. The smallest absolute Gasteiger partial charge is 0.248 e. The van der Waals surface area contributed by atoms with Crippen LogP contribution in [0.4, 0.5) is 17.1 Å². The molecule has 2 aromatic carbocycles. The van der Waals surface area contributed by atoms with Gasteiger partial charge in [-0.05, 0) is 36.4 Å². The third kappa shape index (κ3) is 3.03. The molecule has 0 radical (unpaired) electrons. The number of nitrogens with two attached hydrogens (primary N) is 2. The minimum atomic E-state index is -0.505. The summed E-state index contributed by atoms with van der Waals surface area (Å²) in [6.45, 7) is 0. The SMILES string of the molecule is COc1ccc(Br)cc1Nc1cc(C(N)=O)ccc1N. The number of nitrogen functional groups attached to an aromatic ring is 1. The standard InChI is InChI=1S/C14H14BrN3O2/c1-20-13-5-3-9(15)7-12(13)18-11-6-8(14(17)19)2-4-10(11)16/h2-7,18H,16H2,1H3,(H2,17,19). The summed E-state index contributed by atoms with van der Waals surface area (Å²) in [6, 6.07) is 10.4. The van der Waals surface area contributed by atoms with Crippen molar-refractivity contribution in [3.05, 3.63) is 46.4 Å². The van der Waals surface area contributed by atoms with Gasteiger partial charge in [0.1, 0.15) is 5.75 Å². The Bertz CT molecular complexity index is 659. The second-order valence-corrected chi connectivity index (χ2v) is 5.05. The minimum absolute atomic E-state index is 0.385. The van der Waals surface area contributed by atoms with Gasteiger partial charge < -0.3 is 21.5 Å². The molecule has 104 valence electrons. The summed E-state index contributed by atoms with van der Waals surface area (Å²) in [5.74, 6) is 0.159. The van der Waals surface area contributed by atoms with E-state index in [1.807, 2.05) is 18.2 Å². The fraction of sp³-hybridized carbons (Fsp3) is 0.0714. The summed E-state index contributed by atoms with van der Waals surface area (Å²) in [4.78, 5) is 11.2. The fourth-order valence-corrected chi connectivity index (χ4v) is 2.10. The Morgan fingerprint density at radius 1 is 1.20 bits per heavy atom. The first-order valence-corrected chi connectivity index (χ1v) is 6.60. The molecule has 1 amide bonds. The van der Waals surface area contributed by atoms with Gasteiger partial charge in [-0.25, -0.2) is 0 Å². The second-order valence-electron chi connectivity index (χ2n) is 4.14. The van der Waals surface area contributed by atoms with Crippen LogP contribution in [0.15, 0.2) is 40.9 Å². The zero-order chi connectivity index (χ0) is 14.7. The van der Waals surface area contributed by atoms with Crippen LogP contribution in [0.1, 0.15) is 10.4 Å². The van der Waals surface area contributed by atoms with E-state index in [0.29, 0.717) is 22.7 Å². The number of hydrogen-bond donors (Lipinski definition) is 3. The zero-order valence-corrected chi connectivity index (χ0v) is 12.4. The third-order valence-electron chi connectivity index (χ3n) is 2.77. The summed E-state index contributed by atoms with van der Waals surface area (Å²) >= 11 is 3.39. The van der Waals surface area contributed by atoms with Gasteiger partial charge in [0.15, 0.2) is 0 Å². The largest absolute Gasteiger partial charge is 0.495 e. The van der Waals surface area contributed by atoms with Gasteiger partial charge in [-0.1, -0.05) is 15.9 Å². The average Bonchev–Trinajstić information content (AvgIpc) is 2.41. The quantitative estimate of drug-likeness (QED) is 0.749. The first kappa shape index (κ1) is 14.2. The molecule has 0 fully saturated rings. The van der Waals surface area contributed by atoms with E-state index in [1.54, 1.807) is 25.3 Å². The number of nitrogens with one attached hydrogen (secondary N) is 1. The van der Waals surface area contributed by atoms with Gasteiger partial charge in [0.05, 0.1) is 24.2 Å².